The molecule has 1 amide bonds. The van der Waals surface area contributed by atoms with Crippen LogP contribution in [-0.2, 0) is 6.54 Å². The van der Waals surface area contributed by atoms with Crippen molar-refractivity contribution in [3.8, 4) is 0 Å². The zero-order chi connectivity index (χ0) is 18.1. The van der Waals surface area contributed by atoms with Crippen LogP contribution in [0, 0.1) is 6.92 Å². The number of amides is 1. The van der Waals surface area contributed by atoms with Gasteiger partial charge in [0.05, 0.1) is 16.5 Å². The Bertz CT molecular complexity index is 1030. The Morgan fingerprint density at radius 1 is 1.16 bits per heavy atom. The molecule has 0 saturated carbocycles. The fourth-order valence-electron chi connectivity index (χ4n) is 2.75. The molecule has 0 fully saturated rings. The minimum Gasteiger partial charge on any atom is -0.478 e. The monoisotopic (exact) mass is 339 g/mol. The van der Waals surface area contributed by atoms with E-state index in [1.165, 1.54) is 17.0 Å². The van der Waals surface area contributed by atoms with Gasteiger partial charge in [-0.25, -0.2) is 9.59 Å². The summed E-state index contributed by atoms with van der Waals surface area (Å²) in [5.41, 5.74) is 1.51. The number of carboxylic acid groups (broad SMARTS) is 1. The molecule has 3 rings (SSSR count). The minimum atomic E-state index is -1.21. The average molecular weight is 339 g/mol. The van der Waals surface area contributed by atoms with Crippen LogP contribution in [0.5, 0.6) is 0 Å². The number of fused-ring (bicyclic) bond motifs is 1. The van der Waals surface area contributed by atoms with Crippen LogP contribution >= 0.6 is 0 Å². The first-order valence-corrected chi connectivity index (χ1v) is 7.67. The summed E-state index contributed by atoms with van der Waals surface area (Å²) in [5.74, 6) is -1.21. The number of aromatic carboxylic acids is 1. The van der Waals surface area contributed by atoms with E-state index in [0.29, 0.717) is 12.1 Å². The Labute approximate surface area is 143 Å². The summed E-state index contributed by atoms with van der Waals surface area (Å²) >= 11 is 0. The van der Waals surface area contributed by atoms with Crippen LogP contribution in [0.15, 0.2) is 47.3 Å². The standard InChI is InChI=1S/C18H17N3O4/c1-11-6-3-4-7-12(11)10-20(2)18(25)21-16(22)15-13(17(23)24)8-5-9-14(15)19-21/h3-9,19H,10H2,1-2H3,(H,23,24). The van der Waals surface area contributed by atoms with E-state index in [9.17, 15) is 19.5 Å². The van der Waals surface area contributed by atoms with Gasteiger partial charge in [-0.05, 0) is 30.2 Å². The number of aryl methyl sites for hydroxylation is 1. The molecule has 7 heteroatoms. The van der Waals surface area contributed by atoms with Crippen molar-refractivity contribution in [2.75, 3.05) is 7.05 Å². The van der Waals surface area contributed by atoms with E-state index in [1.54, 1.807) is 13.1 Å². The SMILES string of the molecule is Cc1ccccc1CN(C)C(=O)n1[nH]c2cccc(C(=O)O)c2c1=O. The number of aromatic nitrogens is 2. The van der Waals surface area contributed by atoms with Gasteiger partial charge in [-0.1, -0.05) is 30.3 Å². The summed E-state index contributed by atoms with van der Waals surface area (Å²) in [6, 6.07) is 11.5. The Morgan fingerprint density at radius 2 is 1.88 bits per heavy atom. The lowest BCUT2D eigenvalue weighted by molar-refractivity contribution is 0.0699. The Balaban J connectivity index is 1.99. The van der Waals surface area contributed by atoms with Gasteiger partial charge in [0.1, 0.15) is 0 Å². The molecule has 0 aliphatic rings. The number of carbonyl (C=O) groups excluding carboxylic acids is 1. The molecule has 128 valence electrons. The normalized spacial score (nSPS) is 10.8. The largest absolute Gasteiger partial charge is 0.478 e. The molecular formula is C18H17N3O4. The van der Waals surface area contributed by atoms with Crippen LogP contribution in [0.25, 0.3) is 10.9 Å². The predicted molar refractivity (Wildman–Crippen MR) is 93.0 cm³/mol. The fraction of sp³-hybridized carbons (Fsp3) is 0.167. The first kappa shape index (κ1) is 16.5. The van der Waals surface area contributed by atoms with Gasteiger partial charge in [0.25, 0.3) is 5.56 Å². The summed E-state index contributed by atoms with van der Waals surface area (Å²) in [4.78, 5) is 37.9. The molecule has 0 unspecified atom stereocenters. The maximum absolute atomic E-state index is 12.6. The van der Waals surface area contributed by atoms with Crippen LogP contribution in [-0.4, -0.2) is 38.8 Å². The first-order chi connectivity index (χ1) is 11.9. The van der Waals surface area contributed by atoms with Crippen LogP contribution in [0.3, 0.4) is 0 Å². The average Bonchev–Trinajstić information content (AvgIpc) is 2.93. The number of hydrogen-bond acceptors (Lipinski definition) is 3. The summed E-state index contributed by atoms with van der Waals surface area (Å²) in [6.07, 6.45) is 0. The second-order valence-electron chi connectivity index (χ2n) is 5.85. The molecule has 0 atom stereocenters. The number of hydrogen-bond donors (Lipinski definition) is 2. The third-order valence-electron chi connectivity index (χ3n) is 4.13. The zero-order valence-electron chi connectivity index (χ0n) is 13.8. The molecule has 0 aliphatic carbocycles. The Morgan fingerprint density at radius 3 is 2.56 bits per heavy atom. The molecule has 3 aromatic rings. The van der Waals surface area contributed by atoms with Crippen molar-refractivity contribution >= 4 is 22.9 Å². The molecule has 25 heavy (non-hydrogen) atoms. The molecule has 0 spiro atoms. The number of aromatic amines is 1. The molecule has 2 aromatic carbocycles. The molecule has 1 aromatic heterocycles. The molecule has 7 nitrogen and oxygen atoms in total. The van der Waals surface area contributed by atoms with Crippen LogP contribution in [0.2, 0.25) is 0 Å². The van der Waals surface area contributed by atoms with E-state index in [0.717, 1.165) is 15.8 Å². The zero-order valence-corrected chi connectivity index (χ0v) is 13.8. The second kappa shape index (κ2) is 6.27. The summed E-state index contributed by atoms with van der Waals surface area (Å²) in [6.45, 7) is 2.28. The topological polar surface area (TPSA) is 95.4 Å². The first-order valence-electron chi connectivity index (χ1n) is 7.67. The third-order valence-corrected chi connectivity index (χ3v) is 4.13. The maximum atomic E-state index is 12.6. The van der Waals surface area contributed by atoms with Gasteiger partial charge in [-0.3, -0.25) is 9.89 Å². The van der Waals surface area contributed by atoms with Crippen molar-refractivity contribution in [3.05, 3.63) is 69.5 Å². The highest BCUT2D eigenvalue weighted by Gasteiger charge is 2.21. The van der Waals surface area contributed by atoms with Crippen LogP contribution in [0.4, 0.5) is 4.79 Å². The van der Waals surface area contributed by atoms with Crippen molar-refractivity contribution in [2.24, 2.45) is 0 Å². The third kappa shape index (κ3) is 2.91. The Kier molecular flexibility index (Phi) is 4.14. The number of benzene rings is 2. The number of carbonyl (C=O) groups is 2. The van der Waals surface area contributed by atoms with Crippen LogP contribution in [0.1, 0.15) is 21.5 Å². The van der Waals surface area contributed by atoms with E-state index in [1.807, 2.05) is 31.2 Å². The molecular weight excluding hydrogens is 322 g/mol. The van der Waals surface area contributed by atoms with Crippen molar-refractivity contribution in [1.82, 2.24) is 14.7 Å². The summed E-state index contributed by atoms with van der Waals surface area (Å²) < 4.78 is 0.843. The summed E-state index contributed by atoms with van der Waals surface area (Å²) in [5, 5.41) is 11.9. The number of carboxylic acids is 1. The smallest absolute Gasteiger partial charge is 0.346 e. The molecule has 2 N–H and O–H groups in total. The lowest BCUT2D eigenvalue weighted by Gasteiger charge is -2.18. The molecule has 0 bridgehead atoms. The minimum absolute atomic E-state index is 0.00681. The fourth-order valence-corrected chi connectivity index (χ4v) is 2.75. The number of nitrogens with one attached hydrogen (secondary N) is 1. The highest BCUT2D eigenvalue weighted by atomic mass is 16.4. The van der Waals surface area contributed by atoms with E-state index in [-0.39, 0.29) is 10.9 Å². The maximum Gasteiger partial charge on any atom is 0.346 e. The van der Waals surface area contributed by atoms with Gasteiger partial charge >= 0.3 is 12.0 Å². The van der Waals surface area contributed by atoms with Crippen molar-refractivity contribution in [3.63, 3.8) is 0 Å². The quantitative estimate of drug-likeness (QED) is 0.766. The number of H-pyrrole nitrogens is 1. The Hall–Kier alpha value is -3.35. The van der Waals surface area contributed by atoms with Gasteiger partial charge in [-0.15, -0.1) is 0 Å². The van der Waals surface area contributed by atoms with Gasteiger partial charge in [0, 0.05) is 13.6 Å². The lowest BCUT2D eigenvalue weighted by atomic mass is 10.1. The lowest BCUT2D eigenvalue weighted by Crippen LogP contribution is -2.36. The van der Waals surface area contributed by atoms with Crippen LogP contribution < -0.4 is 5.56 Å². The molecule has 0 aliphatic heterocycles. The van der Waals surface area contributed by atoms with Gasteiger partial charge in [0.15, 0.2) is 0 Å². The van der Waals surface area contributed by atoms with E-state index < -0.39 is 17.6 Å². The number of rotatable bonds is 3. The molecule has 0 saturated heterocycles. The highest BCUT2D eigenvalue weighted by molar-refractivity contribution is 6.03. The van der Waals surface area contributed by atoms with E-state index in [4.69, 9.17) is 0 Å². The van der Waals surface area contributed by atoms with Gasteiger partial charge in [0.2, 0.25) is 0 Å². The van der Waals surface area contributed by atoms with Crippen molar-refractivity contribution in [1.29, 1.82) is 0 Å². The predicted octanol–water partition coefficient (Wildman–Crippen LogP) is 2.44. The van der Waals surface area contributed by atoms with Gasteiger partial charge < -0.3 is 10.0 Å². The van der Waals surface area contributed by atoms with Crippen molar-refractivity contribution in [2.45, 2.75) is 13.5 Å². The number of nitrogens with zero attached hydrogens (tertiary/aromatic N) is 2. The molecule has 0 radical (unpaired) electrons. The van der Waals surface area contributed by atoms with Gasteiger partial charge in [-0.2, -0.15) is 4.68 Å². The van der Waals surface area contributed by atoms with E-state index >= 15 is 0 Å². The van der Waals surface area contributed by atoms with E-state index in [2.05, 4.69) is 5.10 Å². The second-order valence-corrected chi connectivity index (χ2v) is 5.85. The highest BCUT2D eigenvalue weighted by Crippen LogP contribution is 2.14. The van der Waals surface area contributed by atoms with Crippen molar-refractivity contribution < 1.29 is 14.7 Å². The molecule has 1 heterocycles. The summed E-state index contributed by atoms with van der Waals surface area (Å²) in [7, 11) is 1.59.